The van der Waals surface area contributed by atoms with Gasteiger partial charge in [-0.3, -0.25) is 24.7 Å². The fourth-order valence-corrected chi connectivity index (χ4v) is 5.44. The molecule has 0 unspecified atom stereocenters. The minimum Gasteiger partial charge on any atom is -0.379 e. The lowest BCUT2D eigenvalue weighted by Crippen LogP contribution is -2.39. The zero-order chi connectivity index (χ0) is 21.8. The number of nitro groups is 1. The maximum Gasteiger partial charge on any atom is 0.324 e. The molecule has 4 rings (SSSR count). The Morgan fingerprint density at radius 3 is 2.77 bits per heavy atom. The summed E-state index contributed by atoms with van der Waals surface area (Å²) in [5.41, 5.74) is 2.07. The molecule has 1 aromatic carbocycles. The van der Waals surface area contributed by atoms with E-state index in [1.165, 1.54) is 23.5 Å². The van der Waals surface area contributed by atoms with E-state index >= 15 is 0 Å². The number of aromatic nitrogens is 1. The Morgan fingerprint density at radius 1 is 1.26 bits per heavy atom. The van der Waals surface area contributed by atoms with E-state index in [-0.39, 0.29) is 10.9 Å². The first kappa shape index (κ1) is 21.8. The van der Waals surface area contributed by atoms with Gasteiger partial charge in [-0.25, -0.2) is 4.98 Å². The van der Waals surface area contributed by atoms with Gasteiger partial charge in [0.05, 0.1) is 33.2 Å². The Balaban J connectivity index is 1.59. The van der Waals surface area contributed by atoms with Crippen LogP contribution in [0.3, 0.4) is 0 Å². The minimum absolute atomic E-state index is 0.0332. The number of rotatable bonds is 8. The van der Waals surface area contributed by atoms with Gasteiger partial charge in [-0.2, -0.15) is 0 Å². The molecule has 1 aliphatic rings. The molecular formula is C21H24N4O4S2. The van der Waals surface area contributed by atoms with Crippen LogP contribution in [-0.2, 0) is 11.2 Å². The summed E-state index contributed by atoms with van der Waals surface area (Å²) in [4.78, 5) is 33.1. The van der Waals surface area contributed by atoms with Crippen LogP contribution in [0.25, 0.3) is 10.2 Å². The maximum atomic E-state index is 13.3. The summed E-state index contributed by atoms with van der Waals surface area (Å²) in [6.07, 6.45) is 1.65. The Bertz CT molecular complexity index is 1070. The average molecular weight is 461 g/mol. The van der Waals surface area contributed by atoms with Crippen molar-refractivity contribution in [2.45, 2.75) is 19.8 Å². The fraction of sp³-hybridized carbons (Fsp3) is 0.429. The highest BCUT2D eigenvalue weighted by Gasteiger charge is 2.25. The zero-order valence-electron chi connectivity index (χ0n) is 17.3. The number of nitrogens with zero attached hydrogens (tertiary/aromatic N) is 4. The number of ether oxygens (including phenoxy) is 1. The van der Waals surface area contributed by atoms with Gasteiger partial charge in [0, 0.05) is 32.2 Å². The third-order valence-corrected chi connectivity index (χ3v) is 7.36. The average Bonchev–Trinajstić information content (AvgIpc) is 3.44. The van der Waals surface area contributed by atoms with Gasteiger partial charge in [0.25, 0.3) is 5.91 Å². The zero-order valence-corrected chi connectivity index (χ0v) is 18.9. The van der Waals surface area contributed by atoms with Gasteiger partial charge in [-0.1, -0.05) is 41.7 Å². The summed E-state index contributed by atoms with van der Waals surface area (Å²) >= 11 is 2.40. The molecule has 2 aromatic heterocycles. The van der Waals surface area contributed by atoms with Gasteiger partial charge in [0.2, 0.25) is 0 Å². The maximum absolute atomic E-state index is 13.3. The van der Waals surface area contributed by atoms with Gasteiger partial charge in [0.1, 0.15) is 0 Å². The molecule has 0 atom stereocenters. The van der Waals surface area contributed by atoms with E-state index in [0.29, 0.717) is 16.6 Å². The number of anilines is 1. The molecule has 1 saturated heterocycles. The molecule has 1 aliphatic heterocycles. The molecule has 0 radical (unpaired) electrons. The number of para-hydroxylation sites is 1. The second kappa shape index (κ2) is 9.82. The van der Waals surface area contributed by atoms with E-state index in [0.717, 1.165) is 72.8 Å². The van der Waals surface area contributed by atoms with Crippen LogP contribution in [0.5, 0.6) is 0 Å². The Hall–Kier alpha value is -2.40. The Morgan fingerprint density at radius 2 is 2.06 bits per heavy atom. The van der Waals surface area contributed by atoms with Gasteiger partial charge < -0.3 is 4.74 Å². The molecule has 3 heterocycles. The number of hydrogen-bond donors (Lipinski definition) is 0. The summed E-state index contributed by atoms with van der Waals surface area (Å²) in [5.74, 6) is -0.239. The summed E-state index contributed by atoms with van der Waals surface area (Å²) in [6.45, 7) is 6.71. The number of thiophene rings is 1. The lowest BCUT2D eigenvalue weighted by atomic mass is 10.1. The molecule has 3 aromatic rings. The lowest BCUT2D eigenvalue weighted by Gasteiger charge is -2.27. The van der Waals surface area contributed by atoms with Crippen LogP contribution in [0, 0.1) is 10.1 Å². The monoisotopic (exact) mass is 460 g/mol. The number of morpholine rings is 1. The van der Waals surface area contributed by atoms with E-state index in [2.05, 4.69) is 17.9 Å². The quantitative estimate of drug-likeness (QED) is 0.370. The van der Waals surface area contributed by atoms with E-state index in [4.69, 9.17) is 9.72 Å². The number of hydrogen-bond acceptors (Lipinski definition) is 8. The molecule has 164 valence electrons. The highest BCUT2D eigenvalue weighted by Crippen LogP contribution is 2.33. The molecule has 0 bridgehead atoms. The highest BCUT2D eigenvalue weighted by molar-refractivity contribution is 7.22. The number of carbonyl (C=O) groups is 1. The predicted molar refractivity (Wildman–Crippen MR) is 124 cm³/mol. The second-order valence-corrected chi connectivity index (χ2v) is 9.34. The molecule has 1 amide bonds. The van der Waals surface area contributed by atoms with Crippen molar-refractivity contribution < 1.29 is 14.5 Å². The first-order valence-electron chi connectivity index (χ1n) is 10.3. The van der Waals surface area contributed by atoms with Crippen molar-refractivity contribution in [3.63, 3.8) is 0 Å². The summed E-state index contributed by atoms with van der Waals surface area (Å²) in [7, 11) is 0. The Labute approximate surface area is 188 Å². The number of carbonyl (C=O) groups excluding carboxylic acids is 1. The summed E-state index contributed by atoms with van der Waals surface area (Å²) in [5, 5.41) is 11.7. The van der Waals surface area contributed by atoms with Crippen LogP contribution in [0.1, 0.15) is 28.6 Å². The van der Waals surface area contributed by atoms with E-state index in [9.17, 15) is 14.9 Å². The third kappa shape index (κ3) is 4.93. The summed E-state index contributed by atoms with van der Waals surface area (Å²) in [6, 6.07) is 9.00. The molecular weight excluding hydrogens is 436 g/mol. The van der Waals surface area contributed by atoms with Gasteiger partial charge in [0.15, 0.2) is 5.13 Å². The van der Waals surface area contributed by atoms with Crippen LogP contribution in [-0.4, -0.2) is 60.1 Å². The molecule has 0 aliphatic carbocycles. The number of benzene rings is 1. The van der Waals surface area contributed by atoms with Crippen molar-refractivity contribution in [3.05, 3.63) is 50.9 Å². The molecule has 31 heavy (non-hydrogen) atoms. The normalized spacial score (nSPS) is 14.7. The summed E-state index contributed by atoms with van der Waals surface area (Å²) < 4.78 is 6.44. The fourth-order valence-electron chi connectivity index (χ4n) is 3.63. The van der Waals surface area contributed by atoms with Crippen molar-refractivity contribution in [3.8, 4) is 0 Å². The van der Waals surface area contributed by atoms with Gasteiger partial charge >= 0.3 is 5.00 Å². The van der Waals surface area contributed by atoms with Crippen LogP contribution in [0.2, 0.25) is 0 Å². The smallest absolute Gasteiger partial charge is 0.324 e. The van der Waals surface area contributed by atoms with E-state index in [1.807, 2.05) is 12.1 Å². The van der Waals surface area contributed by atoms with Crippen molar-refractivity contribution in [2.75, 3.05) is 44.3 Å². The number of amides is 1. The van der Waals surface area contributed by atoms with Crippen LogP contribution >= 0.6 is 22.7 Å². The largest absolute Gasteiger partial charge is 0.379 e. The van der Waals surface area contributed by atoms with Gasteiger partial charge in [-0.15, -0.1) is 0 Å². The number of aryl methyl sites for hydroxylation is 1. The minimum atomic E-state index is -0.463. The Kier molecular flexibility index (Phi) is 6.91. The van der Waals surface area contributed by atoms with Crippen LogP contribution in [0.15, 0.2) is 30.3 Å². The van der Waals surface area contributed by atoms with Crippen LogP contribution in [0.4, 0.5) is 10.1 Å². The molecule has 1 fully saturated rings. The first-order chi connectivity index (χ1) is 15.1. The third-order valence-electron chi connectivity index (χ3n) is 5.29. The van der Waals surface area contributed by atoms with E-state index < -0.39 is 4.92 Å². The number of fused-ring (bicyclic) bond motifs is 1. The molecule has 0 N–H and O–H groups in total. The van der Waals surface area contributed by atoms with Gasteiger partial charge in [-0.05, 0) is 30.5 Å². The first-order valence-corrected chi connectivity index (χ1v) is 11.9. The highest BCUT2D eigenvalue weighted by atomic mass is 32.1. The van der Waals surface area contributed by atoms with Crippen molar-refractivity contribution >= 4 is 48.9 Å². The predicted octanol–water partition coefficient (Wildman–Crippen LogP) is 4.20. The second-order valence-electron chi connectivity index (χ2n) is 7.27. The standard InChI is InChI=1S/C21H24N4O4S2/c1-2-15-5-3-6-16-19(15)22-21(31-16)24(10-4-9-23-11-13-29-14-12-23)20(26)17-7-8-18(30-17)25(27)28/h3,5-8H,2,4,9-14H2,1H3. The number of thiazole rings is 1. The molecule has 10 heteroatoms. The topological polar surface area (TPSA) is 88.8 Å². The lowest BCUT2D eigenvalue weighted by molar-refractivity contribution is -0.380. The molecule has 0 spiro atoms. The molecule has 0 saturated carbocycles. The van der Waals surface area contributed by atoms with Crippen LogP contribution < -0.4 is 4.90 Å². The van der Waals surface area contributed by atoms with E-state index in [1.54, 1.807) is 4.90 Å². The molecule has 8 nitrogen and oxygen atoms in total. The van der Waals surface area contributed by atoms with Crippen molar-refractivity contribution in [1.29, 1.82) is 0 Å². The van der Waals surface area contributed by atoms with Crippen molar-refractivity contribution in [2.24, 2.45) is 0 Å². The SMILES string of the molecule is CCc1cccc2sc(N(CCCN3CCOCC3)C(=O)c3ccc([N+](=O)[O-])s3)nc12. The van der Waals surface area contributed by atoms with Crippen molar-refractivity contribution in [1.82, 2.24) is 9.88 Å².